The van der Waals surface area contributed by atoms with E-state index in [1.165, 1.54) is 55.2 Å². The first kappa shape index (κ1) is 62.5. The minimum absolute atomic E-state index is 1.02. The lowest BCUT2D eigenvalue weighted by atomic mass is 9.84. The van der Waals surface area contributed by atoms with Crippen molar-refractivity contribution in [3.05, 3.63) is 47.1 Å². The van der Waals surface area contributed by atoms with Crippen LogP contribution in [0.15, 0.2) is 47.1 Å². The van der Waals surface area contributed by atoms with Gasteiger partial charge in [-0.25, -0.2) is 0 Å². The van der Waals surface area contributed by atoms with E-state index < -0.39 is 0 Å². The third-order valence-electron chi connectivity index (χ3n) is 5.16. The molecule has 1 saturated carbocycles. The molecule has 0 radical (unpaired) electrons. The highest BCUT2D eigenvalue weighted by atomic mass is 14.2. The molecule has 250 valence electrons. The predicted molar refractivity (Wildman–Crippen MR) is 203 cm³/mol. The topological polar surface area (TPSA) is 0 Å². The molecular formula is C40H90. The number of rotatable bonds is 4. The van der Waals surface area contributed by atoms with Crippen LogP contribution in [0, 0.1) is 11.8 Å². The zero-order chi connectivity index (χ0) is 34.5. The zero-order valence-electron chi connectivity index (χ0n) is 33.5. The maximum absolute atomic E-state index is 3.76. The van der Waals surface area contributed by atoms with E-state index in [-0.39, 0.29) is 0 Å². The number of allylic oxidation sites excluding steroid dienone is 7. The maximum Gasteiger partial charge on any atom is -0.0311 e. The largest absolute Gasteiger partial charge is 0.0959 e. The van der Waals surface area contributed by atoms with Crippen molar-refractivity contribution in [3.63, 3.8) is 0 Å². The Hall–Kier alpha value is -1.04. The average Bonchev–Trinajstić information content (AvgIpc) is 3.03. The number of hydrogen-bond acceptors (Lipinski definition) is 0. The van der Waals surface area contributed by atoms with Gasteiger partial charge in [0.2, 0.25) is 0 Å². The zero-order valence-corrected chi connectivity index (χ0v) is 33.5. The van der Waals surface area contributed by atoms with Gasteiger partial charge < -0.3 is 0 Å². The van der Waals surface area contributed by atoms with Crippen LogP contribution in [0.2, 0.25) is 0 Å². The quantitative estimate of drug-likeness (QED) is 0.295. The molecule has 1 aliphatic rings. The smallest absolute Gasteiger partial charge is 0.0311 e. The van der Waals surface area contributed by atoms with Gasteiger partial charge in [-0.3, -0.25) is 0 Å². The molecule has 0 unspecified atom stereocenters. The summed E-state index contributed by atoms with van der Waals surface area (Å²) in [7, 11) is 0. The lowest BCUT2D eigenvalue weighted by Crippen LogP contribution is -2.08. The molecule has 0 heteroatoms. The molecule has 1 fully saturated rings. The molecule has 0 bridgehead atoms. The highest BCUT2D eigenvalue weighted by Crippen LogP contribution is 2.27. The molecular weight excluding hydrogens is 480 g/mol. The molecule has 0 spiro atoms. The van der Waals surface area contributed by atoms with Crippen LogP contribution in [0.25, 0.3) is 0 Å². The molecule has 0 aromatic heterocycles. The van der Waals surface area contributed by atoms with Crippen molar-refractivity contribution in [1.82, 2.24) is 0 Å². The van der Waals surface area contributed by atoms with Gasteiger partial charge in [0.25, 0.3) is 0 Å². The first-order chi connectivity index (χ1) is 19.1. The Morgan fingerprint density at radius 1 is 0.575 bits per heavy atom. The lowest BCUT2D eigenvalue weighted by Gasteiger charge is -2.22. The van der Waals surface area contributed by atoms with Crippen molar-refractivity contribution < 1.29 is 0 Å². The van der Waals surface area contributed by atoms with E-state index in [9.17, 15) is 0 Å². The van der Waals surface area contributed by atoms with E-state index in [2.05, 4.69) is 87.1 Å². The number of hydrogen-bond donors (Lipinski definition) is 0. The summed E-state index contributed by atoms with van der Waals surface area (Å²) in [5.41, 5.74) is 5.24. The van der Waals surface area contributed by atoms with Gasteiger partial charge in [0.05, 0.1) is 0 Å². The van der Waals surface area contributed by atoms with Crippen molar-refractivity contribution in [2.45, 2.75) is 204 Å². The first-order valence-electron chi connectivity index (χ1n) is 17.7. The molecule has 0 saturated heterocycles. The Bertz CT molecular complexity index is 421. The fourth-order valence-corrected chi connectivity index (χ4v) is 2.43. The molecule has 0 aliphatic heterocycles. The Morgan fingerprint density at radius 2 is 0.850 bits per heavy atom. The second kappa shape index (κ2) is 71.3. The van der Waals surface area contributed by atoms with Gasteiger partial charge in [-0.1, -0.05) is 203 Å². The molecule has 1 rings (SSSR count). The Morgan fingerprint density at radius 3 is 0.925 bits per heavy atom. The summed E-state index contributed by atoms with van der Waals surface area (Å²) in [5.74, 6) is 2.04. The molecule has 40 heavy (non-hydrogen) atoms. The van der Waals surface area contributed by atoms with Gasteiger partial charge in [0.1, 0.15) is 0 Å². The van der Waals surface area contributed by atoms with Gasteiger partial charge >= 0.3 is 0 Å². The van der Waals surface area contributed by atoms with Crippen LogP contribution in [0.1, 0.15) is 204 Å². The summed E-state index contributed by atoms with van der Waals surface area (Å²) in [4.78, 5) is 0. The van der Waals surface area contributed by atoms with Crippen LogP contribution in [0.3, 0.4) is 0 Å². The van der Waals surface area contributed by atoms with Crippen LogP contribution < -0.4 is 0 Å². The maximum atomic E-state index is 3.76. The summed E-state index contributed by atoms with van der Waals surface area (Å²) in [6.45, 7) is 51.4. The molecule has 0 nitrogen and oxygen atoms in total. The lowest BCUT2D eigenvalue weighted by molar-refractivity contribution is 0.308. The summed E-state index contributed by atoms with van der Waals surface area (Å²) in [6, 6.07) is 0. The van der Waals surface area contributed by atoms with Gasteiger partial charge in [0, 0.05) is 0 Å². The summed E-state index contributed by atoms with van der Waals surface area (Å²) < 4.78 is 0. The van der Waals surface area contributed by atoms with Crippen LogP contribution >= 0.6 is 0 Å². The van der Waals surface area contributed by atoms with Crippen LogP contribution in [-0.4, -0.2) is 0 Å². The standard InChI is InChI=1S/C9H16.C8H16.C7H12.C4H10.6C2H6/c1-5-9(6-2)7-8(3)4;1-7-3-5-8(2)6-4-7;1-5-7(4)6(2)3;1-3-4-2;6*1-2/h5,7H,6H2,1-4H3;7-8H,3-6H2,1-2H3;5H,2H2,1,3-4H3;3-4H2,1-2H3;6*1-2H3/b9-5-;;7-5+;;;;;;;. The fraction of sp³-hybridized carbons (Fsp3) is 0.800. The van der Waals surface area contributed by atoms with Crippen molar-refractivity contribution in [1.29, 1.82) is 0 Å². The second-order valence-electron chi connectivity index (χ2n) is 8.56. The van der Waals surface area contributed by atoms with Crippen LogP contribution in [0.5, 0.6) is 0 Å². The van der Waals surface area contributed by atoms with Crippen molar-refractivity contribution in [2.75, 3.05) is 0 Å². The summed E-state index contributed by atoms with van der Waals surface area (Å²) in [6.07, 6.45) is 16.1. The van der Waals surface area contributed by atoms with E-state index in [1.54, 1.807) is 0 Å². The summed E-state index contributed by atoms with van der Waals surface area (Å²) >= 11 is 0. The Balaban J connectivity index is -0.0000000412. The molecule has 0 N–H and O–H groups in total. The summed E-state index contributed by atoms with van der Waals surface area (Å²) in [5, 5.41) is 0. The average molecular weight is 571 g/mol. The molecule has 0 heterocycles. The van der Waals surface area contributed by atoms with Gasteiger partial charge in [-0.05, 0) is 59.8 Å². The highest BCUT2D eigenvalue weighted by molar-refractivity contribution is 5.22. The Kier molecular flexibility index (Phi) is 112. The van der Waals surface area contributed by atoms with Crippen molar-refractivity contribution >= 4 is 0 Å². The van der Waals surface area contributed by atoms with E-state index in [0.717, 1.165) is 23.8 Å². The van der Waals surface area contributed by atoms with E-state index in [1.807, 2.05) is 96.9 Å². The molecule has 0 aromatic carbocycles. The van der Waals surface area contributed by atoms with Crippen molar-refractivity contribution in [3.8, 4) is 0 Å². The minimum atomic E-state index is 1.02. The van der Waals surface area contributed by atoms with Crippen LogP contribution in [0.4, 0.5) is 0 Å². The van der Waals surface area contributed by atoms with E-state index in [4.69, 9.17) is 0 Å². The van der Waals surface area contributed by atoms with E-state index >= 15 is 0 Å². The fourth-order valence-electron chi connectivity index (χ4n) is 2.43. The van der Waals surface area contributed by atoms with Crippen molar-refractivity contribution in [2.24, 2.45) is 11.8 Å². The van der Waals surface area contributed by atoms with Gasteiger partial charge in [0.15, 0.2) is 0 Å². The third-order valence-corrected chi connectivity index (χ3v) is 5.16. The minimum Gasteiger partial charge on any atom is -0.0959 e. The Labute approximate surface area is 262 Å². The van der Waals surface area contributed by atoms with E-state index in [0.29, 0.717) is 0 Å². The molecule has 1 aliphatic carbocycles. The molecule has 0 aromatic rings. The first-order valence-corrected chi connectivity index (χ1v) is 17.7. The highest BCUT2D eigenvalue weighted by Gasteiger charge is 2.13. The third kappa shape index (κ3) is 83.3. The number of unbranched alkanes of at least 4 members (excludes halogenated alkanes) is 1. The normalized spacial score (nSPS) is 14.2. The predicted octanol–water partition coefficient (Wildman–Crippen LogP) is 16.6. The van der Waals surface area contributed by atoms with Gasteiger partial charge in [-0.15, -0.1) is 0 Å². The molecule has 0 amide bonds. The van der Waals surface area contributed by atoms with Gasteiger partial charge in [-0.2, -0.15) is 0 Å². The molecule has 0 atom stereocenters. The monoisotopic (exact) mass is 571 g/mol. The van der Waals surface area contributed by atoms with Crippen LogP contribution in [-0.2, 0) is 0 Å². The SMILES string of the molecule is C/C=C(\C=C(C)C)CC.C=C(C)/C(C)=C/C.CC.CC.CC.CC.CC.CC.CC1CCC(C)CC1.CCCC. The second-order valence-corrected chi connectivity index (χ2v) is 8.56.